The van der Waals surface area contributed by atoms with Crippen LogP contribution < -0.4 is 9.47 Å². The largest absolute Gasteiger partial charge is 0.489 e. The van der Waals surface area contributed by atoms with Crippen LogP contribution in [0.15, 0.2) is 36.4 Å². The van der Waals surface area contributed by atoms with E-state index in [2.05, 4.69) is 0 Å². The lowest BCUT2D eigenvalue weighted by atomic mass is 9.83. The van der Waals surface area contributed by atoms with Crippen molar-refractivity contribution in [2.75, 3.05) is 19.8 Å². The van der Waals surface area contributed by atoms with Gasteiger partial charge in [-0.2, -0.15) is 0 Å². The van der Waals surface area contributed by atoms with Crippen LogP contribution in [-0.4, -0.2) is 43.8 Å². The third kappa shape index (κ3) is 7.94. The minimum absolute atomic E-state index is 0.0183. The third-order valence-corrected chi connectivity index (χ3v) is 6.52. The highest BCUT2D eigenvalue weighted by Gasteiger charge is 2.43. The number of hydrogen-bond acceptors (Lipinski definition) is 8. The van der Waals surface area contributed by atoms with E-state index in [1.54, 1.807) is 26.0 Å². The first-order chi connectivity index (χ1) is 18.7. The maximum absolute atomic E-state index is 13.4. The van der Waals surface area contributed by atoms with Crippen LogP contribution >= 0.6 is 0 Å². The predicted octanol–water partition coefficient (Wildman–Crippen LogP) is 5.42. The second-order valence-corrected chi connectivity index (χ2v) is 9.57. The van der Waals surface area contributed by atoms with E-state index in [1.807, 2.05) is 32.9 Å². The summed E-state index contributed by atoms with van der Waals surface area (Å²) in [6, 6.07) is 9.80. The van der Waals surface area contributed by atoms with Gasteiger partial charge in [0, 0.05) is 12.0 Å². The van der Waals surface area contributed by atoms with Gasteiger partial charge in [0.25, 0.3) is 0 Å². The second-order valence-electron chi connectivity index (χ2n) is 9.57. The van der Waals surface area contributed by atoms with Crippen molar-refractivity contribution < 1.29 is 42.5 Å². The van der Waals surface area contributed by atoms with Crippen LogP contribution in [0.25, 0.3) is 0 Å². The van der Waals surface area contributed by atoms with E-state index in [0.717, 1.165) is 16.7 Å². The average Bonchev–Trinajstić information content (AvgIpc) is 2.87. The third-order valence-electron chi connectivity index (χ3n) is 6.52. The first-order valence-electron chi connectivity index (χ1n) is 13.4. The fourth-order valence-electron chi connectivity index (χ4n) is 4.86. The molecule has 0 aliphatic carbocycles. The molecule has 2 aromatic carbocycles. The number of cyclic esters (lactones) is 1. The van der Waals surface area contributed by atoms with Gasteiger partial charge in [-0.1, -0.05) is 18.6 Å². The predicted molar refractivity (Wildman–Crippen MR) is 141 cm³/mol. The molecule has 3 rings (SSSR count). The quantitative estimate of drug-likeness (QED) is 0.199. The highest BCUT2D eigenvalue weighted by molar-refractivity contribution is 5.95. The Balaban J connectivity index is 1.80. The van der Waals surface area contributed by atoms with Gasteiger partial charge in [0.15, 0.2) is 5.92 Å². The van der Waals surface area contributed by atoms with E-state index in [0.29, 0.717) is 17.9 Å². The van der Waals surface area contributed by atoms with Crippen molar-refractivity contribution in [2.24, 2.45) is 11.8 Å². The Morgan fingerprint density at radius 3 is 2.26 bits per heavy atom. The van der Waals surface area contributed by atoms with Crippen molar-refractivity contribution >= 4 is 17.9 Å². The van der Waals surface area contributed by atoms with E-state index in [9.17, 15) is 18.8 Å². The molecule has 1 fully saturated rings. The summed E-state index contributed by atoms with van der Waals surface area (Å²) >= 11 is 0. The number of aryl methyl sites for hydroxylation is 2. The van der Waals surface area contributed by atoms with Crippen molar-refractivity contribution in [3.63, 3.8) is 0 Å². The molecule has 1 aliphatic heterocycles. The van der Waals surface area contributed by atoms with Crippen LogP contribution in [0.5, 0.6) is 11.5 Å². The Kier molecular flexibility index (Phi) is 10.7. The summed E-state index contributed by atoms with van der Waals surface area (Å²) in [5, 5.41) is 0. The van der Waals surface area contributed by atoms with Gasteiger partial charge in [0.1, 0.15) is 36.1 Å². The van der Waals surface area contributed by atoms with E-state index < -0.39 is 35.8 Å². The Morgan fingerprint density at radius 2 is 1.67 bits per heavy atom. The first-order valence-corrected chi connectivity index (χ1v) is 13.4. The number of rotatable bonds is 12. The SMILES string of the molecule is CCOC(=O)C(C(=O)OCC)[C@H]1CC(=O)O[C@H](COc2c(C)cc(C)cc2C(CC)Oc2ccc(F)cc2)C1. The molecule has 0 radical (unpaired) electrons. The Bertz CT molecular complexity index is 1130. The summed E-state index contributed by atoms with van der Waals surface area (Å²) in [5.74, 6) is -3.02. The number of carbonyl (C=O) groups excluding carboxylic acids is 3. The maximum Gasteiger partial charge on any atom is 0.320 e. The topological polar surface area (TPSA) is 97.4 Å². The van der Waals surface area contributed by atoms with Gasteiger partial charge in [0.2, 0.25) is 0 Å². The van der Waals surface area contributed by atoms with Crippen LogP contribution in [0, 0.1) is 31.5 Å². The monoisotopic (exact) mass is 544 g/mol. The molecular weight excluding hydrogens is 507 g/mol. The lowest BCUT2D eigenvalue weighted by Gasteiger charge is -2.32. The molecule has 1 heterocycles. The number of benzene rings is 2. The molecule has 3 atom stereocenters. The van der Waals surface area contributed by atoms with Gasteiger partial charge in [0.05, 0.1) is 13.2 Å². The molecule has 9 heteroatoms. The van der Waals surface area contributed by atoms with Crippen LogP contribution in [-0.2, 0) is 28.6 Å². The summed E-state index contributed by atoms with van der Waals surface area (Å²) in [5.41, 5.74) is 2.71. The van der Waals surface area contributed by atoms with Gasteiger partial charge in [-0.25, -0.2) is 4.39 Å². The molecule has 0 N–H and O–H groups in total. The number of esters is 3. The van der Waals surface area contributed by atoms with Gasteiger partial charge in [-0.15, -0.1) is 0 Å². The van der Waals surface area contributed by atoms with Gasteiger partial charge in [-0.05, 0) is 82.3 Å². The molecule has 0 bridgehead atoms. The molecule has 0 aromatic heterocycles. The number of halogens is 1. The minimum Gasteiger partial charge on any atom is -0.489 e. The molecular formula is C30H37FO8. The van der Waals surface area contributed by atoms with Crippen molar-refractivity contribution in [3.8, 4) is 11.5 Å². The molecule has 0 saturated carbocycles. The first kappa shape index (κ1) is 29.9. The average molecular weight is 545 g/mol. The maximum atomic E-state index is 13.4. The Hall–Kier alpha value is -3.62. The van der Waals surface area contributed by atoms with Gasteiger partial charge < -0.3 is 23.7 Å². The van der Waals surface area contributed by atoms with Crippen molar-refractivity contribution in [2.45, 2.75) is 66.1 Å². The van der Waals surface area contributed by atoms with Crippen molar-refractivity contribution in [1.29, 1.82) is 0 Å². The van der Waals surface area contributed by atoms with E-state index in [-0.39, 0.29) is 44.6 Å². The molecule has 0 spiro atoms. The zero-order chi connectivity index (χ0) is 28.5. The lowest BCUT2D eigenvalue weighted by Crippen LogP contribution is -2.42. The second kappa shape index (κ2) is 14.0. The summed E-state index contributed by atoms with van der Waals surface area (Å²) in [4.78, 5) is 37.7. The normalized spacial score (nSPS) is 17.8. The number of hydrogen-bond donors (Lipinski definition) is 0. The fourth-order valence-corrected chi connectivity index (χ4v) is 4.86. The summed E-state index contributed by atoms with van der Waals surface area (Å²) in [6.45, 7) is 9.40. The molecule has 39 heavy (non-hydrogen) atoms. The lowest BCUT2D eigenvalue weighted by molar-refractivity contribution is -0.171. The fraction of sp³-hybridized carbons (Fsp3) is 0.500. The smallest absolute Gasteiger partial charge is 0.320 e. The molecule has 1 saturated heterocycles. The minimum atomic E-state index is -1.22. The van der Waals surface area contributed by atoms with Crippen LogP contribution in [0.1, 0.15) is 62.8 Å². The van der Waals surface area contributed by atoms with Gasteiger partial charge in [-0.3, -0.25) is 14.4 Å². The number of ether oxygens (including phenoxy) is 5. The van der Waals surface area contributed by atoms with Crippen molar-refractivity contribution in [1.82, 2.24) is 0 Å². The zero-order valence-electron chi connectivity index (χ0n) is 23.2. The van der Waals surface area contributed by atoms with E-state index >= 15 is 0 Å². The van der Waals surface area contributed by atoms with Gasteiger partial charge >= 0.3 is 17.9 Å². The molecule has 1 unspecified atom stereocenters. The zero-order valence-corrected chi connectivity index (χ0v) is 23.2. The van der Waals surface area contributed by atoms with Crippen LogP contribution in [0.2, 0.25) is 0 Å². The molecule has 8 nitrogen and oxygen atoms in total. The van der Waals surface area contributed by atoms with E-state index in [1.165, 1.54) is 12.1 Å². The Labute approximate surface area is 228 Å². The van der Waals surface area contributed by atoms with E-state index in [4.69, 9.17) is 23.7 Å². The summed E-state index contributed by atoms with van der Waals surface area (Å²) < 4.78 is 41.5. The highest BCUT2D eigenvalue weighted by Crippen LogP contribution is 2.36. The number of carbonyl (C=O) groups is 3. The molecule has 1 aliphatic rings. The highest BCUT2D eigenvalue weighted by atomic mass is 19.1. The summed E-state index contributed by atoms with van der Waals surface area (Å²) in [7, 11) is 0. The molecule has 0 amide bonds. The molecule has 2 aromatic rings. The van der Waals surface area contributed by atoms with Crippen molar-refractivity contribution in [3.05, 3.63) is 58.9 Å². The van der Waals surface area contributed by atoms with Crippen LogP contribution in [0.4, 0.5) is 4.39 Å². The van der Waals surface area contributed by atoms with Crippen LogP contribution in [0.3, 0.4) is 0 Å². The molecule has 212 valence electrons. The Morgan fingerprint density at radius 1 is 1.03 bits per heavy atom. The summed E-state index contributed by atoms with van der Waals surface area (Å²) in [6.07, 6.45) is -0.302. The standard InChI is InChI=1S/C30H37FO8/c1-6-25(38-22-11-9-21(31)10-12-22)24-14-18(4)13-19(5)28(24)37-17-23-15-20(16-26(32)39-23)27(29(33)35-7-2)30(34)36-8-3/h9-14,20,23,25,27H,6-8,15-17H2,1-5H3/t20-,23+,25?/m1/s1.